The molecule has 0 atom stereocenters. The van der Waals surface area contributed by atoms with Gasteiger partial charge in [0, 0.05) is 18.3 Å². The second-order valence-electron chi connectivity index (χ2n) is 4.53. The highest BCUT2D eigenvalue weighted by Crippen LogP contribution is 2.22. The van der Waals surface area contributed by atoms with Crippen molar-refractivity contribution in [2.24, 2.45) is 5.73 Å². The zero-order valence-electron chi connectivity index (χ0n) is 10.5. The lowest BCUT2D eigenvalue weighted by Crippen LogP contribution is -2.31. The van der Waals surface area contributed by atoms with Crippen molar-refractivity contribution < 1.29 is 14.3 Å². The van der Waals surface area contributed by atoms with E-state index in [4.69, 9.17) is 10.5 Å². The van der Waals surface area contributed by atoms with Crippen LogP contribution in [0.25, 0.3) is 0 Å². The van der Waals surface area contributed by atoms with Gasteiger partial charge in [-0.15, -0.1) is 0 Å². The molecule has 0 aromatic carbocycles. The van der Waals surface area contributed by atoms with Crippen LogP contribution >= 0.6 is 0 Å². The van der Waals surface area contributed by atoms with Crippen molar-refractivity contribution in [3.63, 3.8) is 0 Å². The smallest absolute Gasteiger partial charge is 0.338 e. The van der Waals surface area contributed by atoms with Gasteiger partial charge in [0.15, 0.2) is 0 Å². The molecule has 0 radical (unpaired) electrons. The van der Waals surface area contributed by atoms with Gasteiger partial charge in [-0.25, -0.2) is 9.78 Å². The summed E-state index contributed by atoms with van der Waals surface area (Å²) in [6.45, 7) is 0. The Morgan fingerprint density at radius 2 is 2.11 bits per heavy atom. The number of hydrogen-bond acceptors (Lipinski definition) is 5. The number of carbonyl (C=O) groups excluding carboxylic acids is 1. The third-order valence-corrected chi connectivity index (χ3v) is 3.16. The monoisotopic (exact) mass is 250 g/mol. The Labute approximate surface area is 106 Å². The Morgan fingerprint density at radius 1 is 1.39 bits per heavy atom. The summed E-state index contributed by atoms with van der Waals surface area (Å²) in [4.78, 5) is 15.5. The highest BCUT2D eigenvalue weighted by atomic mass is 16.5. The van der Waals surface area contributed by atoms with E-state index in [1.165, 1.54) is 7.11 Å². The second-order valence-corrected chi connectivity index (χ2v) is 4.53. The quantitative estimate of drug-likeness (QED) is 0.823. The van der Waals surface area contributed by atoms with Gasteiger partial charge < -0.3 is 15.2 Å². The number of nitrogens with two attached hydrogens (primary N) is 1. The zero-order chi connectivity index (χ0) is 13.0. The first-order chi connectivity index (χ1) is 8.69. The third-order valence-electron chi connectivity index (χ3n) is 3.16. The van der Waals surface area contributed by atoms with Crippen LogP contribution in [0.3, 0.4) is 0 Å². The predicted octanol–water partition coefficient (Wildman–Crippen LogP) is 1.52. The molecule has 98 valence electrons. The van der Waals surface area contributed by atoms with E-state index in [1.54, 1.807) is 18.3 Å². The minimum atomic E-state index is -0.382. The zero-order valence-corrected chi connectivity index (χ0v) is 10.5. The summed E-state index contributed by atoms with van der Waals surface area (Å²) in [5.74, 6) is 0.0892. The fourth-order valence-electron chi connectivity index (χ4n) is 2.10. The maximum absolute atomic E-state index is 11.4. The average molecular weight is 250 g/mol. The number of carbonyl (C=O) groups is 1. The number of pyridine rings is 1. The molecule has 0 aliphatic heterocycles. The third kappa shape index (κ3) is 3.20. The number of rotatable bonds is 3. The normalized spacial score (nSPS) is 23.4. The minimum Gasteiger partial charge on any atom is -0.474 e. The average Bonchev–Trinajstić information content (AvgIpc) is 2.41. The molecule has 1 aliphatic rings. The van der Waals surface area contributed by atoms with E-state index in [9.17, 15) is 4.79 Å². The van der Waals surface area contributed by atoms with Crippen LogP contribution in [0.15, 0.2) is 18.3 Å². The summed E-state index contributed by atoms with van der Waals surface area (Å²) < 4.78 is 10.4. The van der Waals surface area contributed by atoms with Crippen LogP contribution in [0.2, 0.25) is 0 Å². The van der Waals surface area contributed by atoms with E-state index in [-0.39, 0.29) is 12.1 Å². The molecule has 1 heterocycles. The predicted molar refractivity (Wildman–Crippen MR) is 66.4 cm³/mol. The molecule has 2 rings (SSSR count). The number of nitrogens with zero attached hydrogens (tertiary/aromatic N) is 1. The highest BCUT2D eigenvalue weighted by molar-refractivity contribution is 5.89. The van der Waals surface area contributed by atoms with Crippen molar-refractivity contribution in [2.75, 3.05) is 7.11 Å². The highest BCUT2D eigenvalue weighted by Gasteiger charge is 2.20. The topological polar surface area (TPSA) is 74.4 Å². The fraction of sp³-hybridized carbons (Fsp3) is 0.538. The molecule has 1 saturated carbocycles. The number of aromatic nitrogens is 1. The summed E-state index contributed by atoms with van der Waals surface area (Å²) in [5, 5.41) is 0. The van der Waals surface area contributed by atoms with Crippen molar-refractivity contribution in [2.45, 2.75) is 37.8 Å². The van der Waals surface area contributed by atoms with Crippen LogP contribution in [0.5, 0.6) is 5.88 Å². The molecular weight excluding hydrogens is 232 g/mol. The molecule has 0 saturated heterocycles. The Bertz CT molecular complexity index is 414. The van der Waals surface area contributed by atoms with E-state index in [0.29, 0.717) is 17.5 Å². The van der Waals surface area contributed by atoms with Crippen molar-refractivity contribution in [1.82, 2.24) is 4.98 Å². The van der Waals surface area contributed by atoms with Gasteiger partial charge in [-0.05, 0) is 31.7 Å². The molecule has 1 aromatic heterocycles. The fourth-order valence-corrected chi connectivity index (χ4v) is 2.10. The largest absolute Gasteiger partial charge is 0.474 e. The Kier molecular flexibility index (Phi) is 4.15. The van der Waals surface area contributed by atoms with Crippen LogP contribution in [0.4, 0.5) is 0 Å². The van der Waals surface area contributed by atoms with Gasteiger partial charge in [-0.3, -0.25) is 0 Å². The first-order valence-corrected chi connectivity index (χ1v) is 6.15. The molecule has 0 bridgehead atoms. The van der Waals surface area contributed by atoms with E-state index in [0.717, 1.165) is 25.7 Å². The number of methoxy groups -OCH3 is 1. The van der Waals surface area contributed by atoms with E-state index in [1.807, 2.05) is 0 Å². The Morgan fingerprint density at radius 3 is 2.78 bits per heavy atom. The molecule has 5 nitrogen and oxygen atoms in total. The van der Waals surface area contributed by atoms with Crippen molar-refractivity contribution in [3.05, 3.63) is 23.9 Å². The molecule has 18 heavy (non-hydrogen) atoms. The van der Waals surface area contributed by atoms with E-state index < -0.39 is 0 Å². The molecule has 1 aliphatic carbocycles. The van der Waals surface area contributed by atoms with Gasteiger partial charge in [0.2, 0.25) is 5.88 Å². The van der Waals surface area contributed by atoms with Gasteiger partial charge in [0.25, 0.3) is 0 Å². The maximum Gasteiger partial charge on any atom is 0.338 e. The lowest BCUT2D eigenvalue weighted by atomic mass is 9.94. The molecule has 1 fully saturated rings. The molecule has 2 N–H and O–H groups in total. The molecule has 1 aromatic rings. The summed E-state index contributed by atoms with van der Waals surface area (Å²) in [7, 11) is 1.35. The van der Waals surface area contributed by atoms with Crippen LogP contribution in [0.1, 0.15) is 36.0 Å². The van der Waals surface area contributed by atoms with Gasteiger partial charge in [0.05, 0.1) is 12.7 Å². The molecule has 0 unspecified atom stereocenters. The molecule has 5 heteroatoms. The summed E-state index contributed by atoms with van der Waals surface area (Å²) in [6.07, 6.45) is 5.51. The summed E-state index contributed by atoms with van der Waals surface area (Å²) in [5.41, 5.74) is 6.29. The van der Waals surface area contributed by atoms with Gasteiger partial charge in [-0.1, -0.05) is 0 Å². The van der Waals surface area contributed by atoms with Gasteiger partial charge in [0.1, 0.15) is 6.10 Å². The van der Waals surface area contributed by atoms with Crippen molar-refractivity contribution in [3.8, 4) is 5.88 Å². The van der Waals surface area contributed by atoms with Crippen molar-refractivity contribution in [1.29, 1.82) is 0 Å². The molecule has 0 spiro atoms. The van der Waals surface area contributed by atoms with Crippen LogP contribution in [-0.4, -0.2) is 30.2 Å². The first kappa shape index (κ1) is 12.8. The lowest BCUT2D eigenvalue weighted by molar-refractivity contribution is 0.0599. The van der Waals surface area contributed by atoms with E-state index in [2.05, 4.69) is 9.72 Å². The standard InChI is InChI=1S/C13H18N2O3/c1-17-13(16)9-6-7-15-12(8-9)18-11-4-2-10(14)3-5-11/h6-8,10-11H,2-5,14H2,1H3. The Hall–Kier alpha value is -1.62. The number of esters is 1. The van der Waals surface area contributed by atoms with E-state index >= 15 is 0 Å². The molecular formula is C13H18N2O3. The van der Waals surface area contributed by atoms with Gasteiger partial charge in [-0.2, -0.15) is 0 Å². The van der Waals surface area contributed by atoms with Crippen LogP contribution in [-0.2, 0) is 4.74 Å². The first-order valence-electron chi connectivity index (χ1n) is 6.15. The Balaban J connectivity index is 1.99. The molecule has 0 amide bonds. The summed E-state index contributed by atoms with van der Waals surface area (Å²) >= 11 is 0. The number of ether oxygens (including phenoxy) is 2. The summed E-state index contributed by atoms with van der Waals surface area (Å²) in [6, 6.07) is 3.51. The minimum absolute atomic E-state index is 0.144. The second kappa shape index (κ2) is 5.82. The van der Waals surface area contributed by atoms with Crippen LogP contribution < -0.4 is 10.5 Å². The van der Waals surface area contributed by atoms with Crippen LogP contribution in [0, 0.1) is 0 Å². The van der Waals surface area contributed by atoms with Gasteiger partial charge >= 0.3 is 5.97 Å². The SMILES string of the molecule is COC(=O)c1ccnc(OC2CCC(N)CC2)c1. The maximum atomic E-state index is 11.4. The van der Waals surface area contributed by atoms with Crippen molar-refractivity contribution >= 4 is 5.97 Å². The lowest BCUT2D eigenvalue weighted by Gasteiger charge is -2.26. The number of hydrogen-bond donors (Lipinski definition) is 1.